The summed E-state index contributed by atoms with van der Waals surface area (Å²) in [5, 5.41) is 0. The molecule has 0 N–H and O–H groups in total. The molecule has 0 saturated carbocycles. The Kier molecular flexibility index (Phi) is 6.91. The van der Waals surface area contributed by atoms with E-state index < -0.39 is 23.8 Å². The number of amides is 1. The number of hydrogen-bond acceptors (Lipinski definition) is 7. The molecule has 38 heavy (non-hydrogen) atoms. The number of carbonyl (C=O) groups is 2. The third kappa shape index (κ3) is 4.19. The topological polar surface area (TPSA) is 92.1 Å². The Morgan fingerprint density at radius 1 is 0.921 bits per heavy atom. The third-order valence-electron chi connectivity index (χ3n) is 6.70. The highest BCUT2D eigenvalue weighted by atomic mass is 16.5. The largest absolute Gasteiger partial charge is 0.493 e. The van der Waals surface area contributed by atoms with Crippen molar-refractivity contribution in [2.75, 3.05) is 32.8 Å². The maximum Gasteiger partial charge on any atom is 0.321 e. The van der Waals surface area contributed by atoms with Gasteiger partial charge in [0.25, 0.3) is 0 Å². The lowest BCUT2D eigenvalue weighted by Gasteiger charge is -2.38. The van der Waals surface area contributed by atoms with Crippen LogP contribution in [0.2, 0.25) is 0 Å². The quantitative estimate of drug-likeness (QED) is 0.254. The first-order valence-electron chi connectivity index (χ1n) is 12.3. The maximum absolute atomic E-state index is 14.2. The van der Waals surface area contributed by atoms with Gasteiger partial charge in [0.15, 0.2) is 17.4 Å². The van der Waals surface area contributed by atoms with E-state index in [1.807, 2.05) is 59.2 Å². The molecule has 9 heteroatoms. The Balaban J connectivity index is 1.79. The number of ether oxygens (including phenoxy) is 4. The molecule has 5 rings (SSSR count). The number of methoxy groups -OCH3 is 3. The summed E-state index contributed by atoms with van der Waals surface area (Å²) in [6, 6.07) is 20.0. The lowest BCUT2D eigenvalue weighted by atomic mass is 9.88. The van der Waals surface area contributed by atoms with Gasteiger partial charge in [0, 0.05) is 0 Å². The van der Waals surface area contributed by atoms with E-state index in [0.29, 0.717) is 34.3 Å². The van der Waals surface area contributed by atoms with E-state index in [0.717, 1.165) is 11.1 Å². The third-order valence-corrected chi connectivity index (χ3v) is 6.70. The smallest absolute Gasteiger partial charge is 0.321 e. The molecule has 0 fully saturated rings. The Hall–Kier alpha value is -4.53. The van der Waals surface area contributed by atoms with Crippen molar-refractivity contribution in [2.24, 2.45) is 5.92 Å². The van der Waals surface area contributed by atoms with Crippen LogP contribution in [0.15, 0.2) is 66.7 Å². The zero-order valence-electron chi connectivity index (χ0n) is 21.7. The van der Waals surface area contributed by atoms with E-state index in [4.69, 9.17) is 23.9 Å². The fraction of sp³-hybridized carbons (Fsp3) is 0.276. The normalized spacial score (nSPS) is 16.7. The molecule has 1 amide bonds. The Bertz CT molecular complexity index is 1460. The number of fused-ring (bicyclic) bond motifs is 3. The van der Waals surface area contributed by atoms with Crippen LogP contribution in [-0.2, 0) is 20.9 Å². The fourth-order valence-corrected chi connectivity index (χ4v) is 5.04. The summed E-state index contributed by atoms with van der Waals surface area (Å²) in [6.45, 7) is 2.11. The zero-order chi connectivity index (χ0) is 26.8. The van der Waals surface area contributed by atoms with Gasteiger partial charge < -0.3 is 23.5 Å². The Labute approximate surface area is 220 Å². The van der Waals surface area contributed by atoms with Crippen LogP contribution in [0.25, 0.3) is 11.0 Å². The van der Waals surface area contributed by atoms with E-state index in [2.05, 4.69) is 0 Å². The van der Waals surface area contributed by atoms with Crippen molar-refractivity contribution in [2.45, 2.75) is 19.5 Å². The number of esters is 1. The van der Waals surface area contributed by atoms with Crippen molar-refractivity contribution < 1.29 is 28.5 Å². The number of aromatic nitrogens is 2. The molecule has 0 spiro atoms. The second-order valence-electron chi connectivity index (χ2n) is 8.81. The van der Waals surface area contributed by atoms with Crippen molar-refractivity contribution in [1.82, 2.24) is 9.55 Å². The van der Waals surface area contributed by atoms with Gasteiger partial charge in [-0.25, -0.2) is 4.98 Å². The van der Waals surface area contributed by atoms with Crippen molar-refractivity contribution in [3.8, 4) is 17.2 Å². The molecule has 196 valence electrons. The van der Waals surface area contributed by atoms with Crippen LogP contribution in [0.4, 0.5) is 5.95 Å². The standard InChI is InChI=1S/C29H29N3O6/c1-5-38-28(34)24-25(19-15-22(35-2)26(37-4)23(16-19)36-3)32-21-14-10-9-13-20(21)30-29(32)31(27(24)33)17-18-11-7-6-8-12-18/h6-16,24-25H,5,17H2,1-4H3/t24-,25+/m0/s1. The minimum Gasteiger partial charge on any atom is -0.493 e. The average molecular weight is 516 g/mol. The number of rotatable bonds is 8. The van der Waals surface area contributed by atoms with Crippen LogP contribution in [0.5, 0.6) is 17.2 Å². The van der Waals surface area contributed by atoms with Crippen molar-refractivity contribution in [3.05, 3.63) is 77.9 Å². The number of imidazole rings is 1. The van der Waals surface area contributed by atoms with Crippen LogP contribution < -0.4 is 19.1 Å². The van der Waals surface area contributed by atoms with E-state index >= 15 is 0 Å². The van der Waals surface area contributed by atoms with E-state index in [9.17, 15) is 9.59 Å². The molecule has 9 nitrogen and oxygen atoms in total. The van der Waals surface area contributed by atoms with Gasteiger partial charge >= 0.3 is 5.97 Å². The Morgan fingerprint density at radius 2 is 1.58 bits per heavy atom. The van der Waals surface area contributed by atoms with Gasteiger partial charge in [-0.05, 0) is 42.3 Å². The van der Waals surface area contributed by atoms with Gasteiger partial charge in [0.1, 0.15) is 0 Å². The molecule has 0 unspecified atom stereocenters. The summed E-state index contributed by atoms with van der Waals surface area (Å²) in [6.07, 6.45) is 0. The summed E-state index contributed by atoms with van der Waals surface area (Å²) in [5.74, 6) is -0.503. The Morgan fingerprint density at radius 3 is 2.21 bits per heavy atom. The SMILES string of the molecule is CCOC(=O)[C@@H]1C(=O)N(Cc2ccccc2)c2nc3ccccc3n2[C@@H]1c1cc(OC)c(OC)c(OC)c1. The molecule has 0 bridgehead atoms. The second-order valence-corrected chi connectivity index (χ2v) is 8.81. The highest BCUT2D eigenvalue weighted by Crippen LogP contribution is 2.46. The van der Waals surface area contributed by atoms with E-state index in [-0.39, 0.29) is 13.2 Å². The molecule has 1 aliphatic rings. The van der Waals surface area contributed by atoms with Gasteiger partial charge in [0.05, 0.1) is 51.6 Å². The van der Waals surface area contributed by atoms with Crippen LogP contribution in [0.3, 0.4) is 0 Å². The number of hydrogen-bond donors (Lipinski definition) is 0. The van der Waals surface area contributed by atoms with E-state index in [1.165, 1.54) is 21.3 Å². The van der Waals surface area contributed by atoms with Gasteiger partial charge in [0.2, 0.25) is 17.6 Å². The summed E-state index contributed by atoms with van der Waals surface area (Å²) in [5.41, 5.74) is 3.01. The molecule has 0 radical (unpaired) electrons. The molecular formula is C29H29N3O6. The molecule has 1 aromatic heterocycles. The predicted molar refractivity (Wildman–Crippen MR) is 142 cm³/mol. The fourth-order valence-electron chi connectivity index (χ4n) is 5.04. The lowest BCUT2D eigenvalue weighted by molar-refractivity contribution is -0.153. The molecular weight excluding hydrogens is 486 g/mol. The highest BCUT2D eigenvalue weighted by Gasteiger charge is 2.48. The van der Waals surface area contributed by atoms with Gasteiger partial charge in [-0.3, -0.25) is 14.5 Å². The van der Waals surface area contributed by atoms with Crippen LogP contribution >= 0.6 is 0 Å². The summed E-state index contributed by atoms with van der Waals surface area (Å²) < 4.78 is 24.1. The minimum absolute atomic E-state index is 0.140. The second kappa shape index (κ2) is 10.5. The molecule has 4 aromatic rings. The minimum atomic E-state index is -1.17. The predicted octanol–water partition coefficient (Wildman–Crippen LogP) is 4.38. The average Bonchev–Trinajstić information content (AvgIpc) is 3.33. The lowest BCUT2D eigenvalue weighted by Crippen LogP contribution is -2.49. The van der Waals surface area contributed by atoms with Gasteiger partial charge in [-0.1, -0.05) is 42.5 Å². The van der Waals surface area contributed by atoms with Gasteiger partial charge in [-0.2, -0.15) is 0 Å². The number of carbonyl (C=O) groups excluding carboxylic acids is 2. The molecule has 2 heterocycles. The summed E-state index contributed by atoms with van der Waals surface area (Å²) in [7, 11) is 4.57. The number of para-hydroxylation sites is 2. The first-order chi connectivity index (χ1) is 18.5. The summed E-state index contributed by atoms with van der Waals surface area (Å²) >= 11 is 0. The summed E-state index contributed by atoms with van der Waals surface area (Å²) in [4.78, 5) is 34.1. The monoisotopic (exact) mass is 515 g/mol. The van der Waals surface area contributed by atoms with Crippen molar-refractivity contribution >= 4 is 28.9 Å². The molecule has 1 aliphatic heterocycles. The number of nitrogens with zero attached hydrogens (tertiary/aromatic N) is 3. The van der Waals surface area contributed by atoms with Crippen molar-refractivity contribution in [3.63, 3.8) is 0 Å². The molecule has 0 saturated heterocycles. The van der Waals surface area contributed by atoms with Crippen molar-refractivity contribution in [1.29, 1.82) is 0 Å². The zero-order valence-corrected chi connectivity index (χ0v) is 21.7. The van der Waals surface area contributed by atoms with E-state index in [1.54, 1.807) is 24.0 Å². The first-order valence-corrected chi connectivity index (χ1v) is 12.3. The van der Waals surface area contributed by atoms with Crippen LogP contribution in [-0.4, -0.2) is 49.4 Å². The van der Waals surface area contributed by atoms with Crippen LogP contribution in [0, 0.1) is 5.92 Å². The molecule has 3 aromatic carbocycles. The number of anilines is 1. The maximum atomic E-state index is 14.2. The highest BCUT2D eigenvalue weighted by molar-refractivity contribution is 6.08. The first kappa shape index (κ1) is 25.1. The number of benzene rings is 3. The van der Waals surface area contributed by atoms with Crippen LogP contribution in [0.1, 0.15) is 24.1 Å². The molecule has 2 atom stereocenters. The van der Waals surface area contributed by atoms with Gasteiger partial charge in [-0.15, -0.1) is 0 Å². The molecule has 0 aliphatic carbocycles.